The lowest BCUT2D eigenvalue weighted by Crippen LogP contribution is -2.58. The Bertz CT molecular complexity index is 530. The van der Waals surface area contributed by atoms with Gasteiger partial charge in [0.15, 0.2) is 0 Å². The molecule has 6 nitrogen and oxygen atoms in total. The minimum absolute atomic E-state index is 0. The molecule has 0 saturated heterocycles. The first-order valence-electron chi connectivity index (χ1n) is 11.9. The normalized spacial score (nSPS) is 10.9. The molecule has 0 aliphatic carbocycles. The Kier molecular flexibility index (Phi) is 18.8. The van der Waals surface area contributed by atoms with E-state index in [1.807, 2.05) is 30.3 Å². The van der Waals surface area contributed by atoms with Crippen molar-refractivity contribution < 1.29 is 19.8 Å². The van der Waals surface area contributed by atoms with E-state index in [1.165, 1.54) is 70.6 Å². The molecule has 0 spiro atoms. The first-order chi connectivity index (χ1) is 14.8. The average Bonchev–Trinajstić information content (AvgIpc) is 2.76. The van der Waals surface area contributed by atoms with Crippen LogP contribution in [0.5, 0.6) is 0 Å². The number of hydrogen-bond acceptors (Lipinski definition) is 3. The van der Waals surface area contributed by atoms with Gasteiger partial charge in [0.2, 0.25) is 18.7 Å². The topological polar surface area (TPSA) is 98.9 Å². The number of amides is 2. The largest absolute Gasteiger partial charge is 0.412 e. The molecule has 6 heteroatoms. The van der Waals surface area contributed by atoms with Crippen molar-refractivity contribution in [1.29, 1.82) is 0 Å². The van der Waals surface area contributed by atoms with Crippen molar-refractivity contribution in [1.82, 2.24) is 10.6 Å². The molecule has 0 heterocycles. The van der Waals surface area contributed by atoms with E-state index in [0.717, 1.165) is 18.4 Å². The van der Waals surface area contributed by atoms with Gasteiger partial charge in [-0.1, -0.05) is 114 Å². The van der Waals surface area contributed by atoms with Crippen molar-refractivity contribution in [3.8, 4) is 0 Å². The SMILES string of the molecule is CCCCCCCCCCCCCCCC(NC=O)(NC=O)OCc1ccccc1.O. The zero-order valence-corrected chi connectivity index (χ0v) is 19.4. The third kappa shape index (κ3) is 14.7. The fourth-order valence-corrected chi connectivity index (χ4v) is 3.70. The van der Waals surface area contributed by atoms with Crippen molar-refractivity contribution in [2.24, 2.45) is 0 Å². The molecule has 31 heavy (non-hydrogen) atoms. The van der Waals surface area contributed by atoms with Gasteiger partial charge in [-0.15, -0.1) is 0 Å². The minimum Gasteiger partial charge on any atom is -0.412 e. The first-order valence-corrected chi connectivity index (χ1v) is 11.9. The lowest BCUT2D eigenvalue weighted by atomic mass is 10.0. The molecule has 0 atom stereocenters. The van der Waals surface area contributed by atoms with E-state index < -0.39 is 5.85 Å². The van der Waals surface area contributed by atoms with E-state index >= 15 is 0 Å². The first kappa shape index (κ1) is 29.1. The summed E-state index contributed by atoms with van der Waals surface area (Å²) in [5, 5.41) is 5.33. The predicted octanol–water partition coefficient (Wildman–Crippen LogP) is 5.01. The van der Waals surface area contributed by atoms with Crippen molar-refractivity contribution >= 4 is 12.8 Å². The molecule has 0 radical (unpaired) electrons. The highest BCUT2D eigenvalue weighted by atomic mass is 16.5. The fourth-order valence-electron chi connectivity index (χ4n) is 3.70. The van der Waals surface area contributed by atoms with Gasteiger partial charge < -0.3 is 20.8 Å². The van der Waals surface area contributed by atoms with E-state index in [1.54, 1.807) is 0 Å². The number of carbonyl (C=O) groups is 2. The summed E-state index contributed by atoms with van der Waals surface area (Å²) >= 11 is 0. The van der Waals surface area contributed by atoms with E-state index in [9.17, 15) is 9.59 Å². The van der Waals surface area contributed by atoms with Crippen LogP contribution in [0.2, 0.25) is 0 Å². The minimum atomic E-state index is -1.14. The standard InChI is InChI=1S/C25H42N2O3.H2O/c1-2-3-4-5-6-7-8-9-10-11-12-13-17-20-25(26-22-28,27-23-29)30-21-24-18-15-14-16-19-24;/h14-16,18-19,22-23H,2-13,17,20-21H2,1H3,(H,26,28)(H,27,29);1H2. The lowest BCUT2D eigenvalue weighted by molar-refractivity contribution is -0.142. The molecular formula is C25H44N2O4. The molecule has 0 saturated carbocycles. The summed E-state index contributed by atoms with van der Waals surface area (Å²) < 4.78 is 5.92. The Morgan fingerprint density at radius 3 is 1.65 bits per heavy atom. The average molecular weight is 437 g/mol. The van der Waals surface area contributed by atoms with Gasteiger partial charge in [0, 0.05) is 6.42 Å². The molecule has 0 aliphatic rings. The highest BCUT2D eigenvalue weighted by molar-refractivity contribution is 5.52. The summed E-state index contributed by atoms with van der Waals surface area (Å²) in [5.41, 5.74) is 0.993. The number of rotatable bonds is 21. The summed E-state index contributed by atoms with van der Waals surface area (Å²) in [7, 11) is 0. The zero-order valence-electron chi connectivity index (χ0n) is 19.4. The number of hydrogen-bond donors (Lipinski definition) is 2. The third-order valence-electron chi connectivity index (χ3n) is 5.54. The number of benzene rings is 1. The Hall–Kier alpha value is -1.92. The smallest absolute Gasteiger partial charge is 0.220 e. The molecule has 1 rings (SSSR count). The van der Waals surface area contributed by atoms with Crippen LogP contribution in [0.3, 0.4) is 0 Å². The molecule has 0 unspecified atom stereocenters. The second-order valence-corrected chi connectivity index (χ2v) is 8.12. The predicted molar refractivity (Wildman–Crippen MR) is 126 cm³/mol. The van der Waals surface area contributed by atoms with Crippen molar-refractivity contribution in [3.05, 3.63) is 35.9 Å². The molecule has 0 aliphatic heterocycles. The molecule has 178 valence electrons. The Morgan fingerprint density at radius 2 is 1.19 bits per heavy atom. The van der Waals surface area contributed by atoms with Gasteiger partial charge in [-0.2, -0.15) is 0 Å². The van der Waals surface area contributed by atoms with Crippen molar-refractivity contribution in [2.75, 3.05) is 0 Å². The maximum absolute atomic E-state index is 11.1. The van der Waals surface area contributed by atoms with Crippen LogP contribution in [0.1, 0.15) is 102 Å². The Labute approximate surface area is 188 Å². The van der Waals surface area contributed by atoms with Crippen LogP contribution in [0.15, 0.2) is 30.3 Å². The Balaban J connectivity index is 0.00000900. The number of carbonyl (C=O) groups excluding carboxylic acids is 2. The highest BCUT2D eigenvalue weighted by Gasteiger charge is 2.29. The maximum Gasteiger partial charge on any atom is 0.220 e. The van der Waals surface area contributed by atoms with Crippen LogP contribution in [0.25, 0.3) is 0 Å². The fraction of sp³-hybridized carbons (Fsp3) is 0.680. The van der Waals surface area contributed by atoms with Crippen molar-refractivity contribution in [2.45, 2.75) is 109 Å². The second-order valence-electron chi connectivity index (χ2n) is 8.12. The van der Waals surface area contributed by atoms with E-state index in [2.05, 4.69) is 17.6 Å². The van der Waals surface area contributed by atoms with Gasteiger partial charge in [-0.05, 0) is 12.0 Å². The van der Waals surface area contributed by atoms with E-state index in [0.29, 0.717) is 25.8 Å². The van der Waals surface area contributed by atoms with Gasteiger partial charge in [-0.25, -0.2) is 0 Å². The second kappa shape index (κ2) is 20.0. The summed E-state index contributed by atoms with van der Waals surface area (Å²) in [6.45, 7) is 2.58. The van der Waals surface area contributed by atoms with Crippen LogP contribution in [-0.2, 0) is 20.9 Å². The van der Waals surface area contributed by atoms with Crippen LogP contribution in [0, 0.1) is 0 Å². The summed E-state index contributed by atoms with van der Waals surface area (Å²) in [6, 6.07) is 9.73. The maximum atomic E-state index is 11.1. The van der Waals surface area contributed by atoms with Crippen LogP contribution in [0.4, 0.5) is 0 Å². The highest BCUT2D eigenvalue weighted by Crippen LogP contribution is 2.18. The molecule has 0 aromatic heterocycles. The number of nitrogens with one attached hydrogen (secondary N) is 2. The third-order valence-corrected chi connectivity index (χ3v) is 5.54. The molecular weight excluding hydrogens is 392 g/mol. The zero-order chi connectivity index (χ0) is 21.8. The summed E-state index contributed by atoms with van der Waals surface area (Å²) in [5.74, 6) is -1.14. The summed E-state index contributed by atoms with van der Waals surface area (Å²) in [4.78, 5) is 22.2. The van der Waals surface area contributed by atoms with E-state index in [4.69, 9.17) is 4.74 Å². The number of unbranched alkanes of at least 4 members (excludes halogenated alkanes) is 12. The molecule has 1 aromatic rings. The van der Waals surface area contributed by atoms with E-state index in [-0.39, 0.29) is 5.48 Å². The van der Waals surface area contributed by atoms with Gasteiger partial charge in [0.1, 0.15) is 0 Å². The van der Waals surface area contributed by atoms with Gasteiger partial charge in [-0.3, -0.25) is 9.59 Å². The van der Waals surface area contributed by atoms with Gasteiger partial charge >= 0.3 is 0 Å². The molecule has 0 fully saturated rings. The van der Waals surface area contributed by atoms with Crippen molar-refractivity contribution in [3.63, 3.8) is 0 Å². The number of ether oxygens (including phenoxy) is 1. The summed E-state index contributed by atoms with van der Waals surface area (Å²) in [6.07, 6.45) is 18.3. The Morgan fingerprint density at radius 1 is 0.742 bits per heavy atom. The van der Waals surface area contributed by atoms with Crippen LogP contribution < -0.4 is 10.6 Å². The molecule has 1 aromatic carbocycles. The quantitative estimate of drug-likeness (QED) is 0.161. The monoisotopic (exact) mass is 436 g/mol. The van der Waals surface area contributed by atoms with Gasteiger partial charge in [0.25, 0.3) is 0 Å². The van der Waals surface area contributed by atoms with Crippen LogP contribution >= 0.6 is 0 Å². The molecule has 0 bridgehead atoms. The lowest BCUT2D eigenvalue weighted by Gasteiger charge is -2.32. The van der Waals surface area contributed by atoms with Gasteiger partial charge in [0.05, 0.1) is 6.61 Å². The molecule has 2 amide bonds. The van der Waals surface area contributed by atoms with Crippen LogP contribution in [-0.4, -0.2) is 24.1 Å². The molecule has 4 N–H and O–H groups in total.